The molecule has 0 saturated carbocycles. The molecule has 4 nitrogen and oxygen atoms in total. The van der Waals surface area contributed by atoms with E-state index in [1.54, 1.807) is 0 Å². The molecule has 0 aromatic carbocycles. The normalized spacial score (nSPS) is 31.7. The molecule has 1 amide bonds. The number of methoxy groups -OCH3 is 1. The molecule has 2 heterocycles. The standard InChI is InChI=1S/C11H20N2O2/c1-15-10(14)13-7-2-3-11(5-8-13)4-6-12-9-11/h12H,2-9H2,1H3. The van der Waals surface area contributed by atoms with E-state index in [1.807, 2.05) is 4.90 Å². The Bertz CT molecular complexity index is 237. The zero-order valence-electron chi connectivity index (χ0n) is 9.42. The summed E-state index contributed by atoms with van der Waals surface area (Å²) in [5.74, 6) is 0. The number of carbonyl (C=O) groups excluding carboxylic acids is 1. The highest BCUT2D eigenvalue weighted by atomic mass is 16.5. The van der Waals surface area contributed by atoms with Gasteiger partial charge in [0.25, 0.3) is 0 Å². The lowest BCUT2D eigenvalue weighted by atomic mass is 9.80. The molecule has 1 atom stereocenters. The summed E-state index contributed by atoms with van der Waals surface area (Å²) < 4.78 is 4.77. The van der Waals surface area contributed by atoms with Crippen LogP contribution in [-0.2, 0) is 4.74 Å². The Hall–Kier alpha value is -0.770. The molecule has 0 bridgehead atoms. The van der Waals surface area contributed by atoms with Crippen LogP contribution in [0.4, 0.5) is 4.79 Å². The molecular formula is C11H20N2O2. The maximum atomic E-state index is 11.4. The lowest BCUT2D eigenvalue weighted by Gasteiger charge is -2.26. The predicted octanol–water partition coefficient (Wildman–Crippen LogP) is 1.22. The third kappa shape index (κ3) is 2.25. The monoisotopic (exact) mass is 212 g/mol. The molecule has 0 aromatic rings. The van der Waals surface area contributed by atoms with Gasteiger partial charge in [-0.3, -0.25) is 0 Å². The van der Waals surface area contributed by atoms with Gasteiger partial charge in [0.15, 0.2) is 0 Å². The van der Waals surface area contributed by atoms with Gasteiger partial charge in [0.05, 0.1) is 7.11 Å². The summed E-state index contributed by atoms with van der Waals surface area (Å²) in [6, 6.07) is 0. The first kappa shape index (κ1) is 10.7. The molecule has 1 spiro atoms. The van der Waals surface area contributed by atoms with Crippen LogP contribution in [0, 0.1) is 5.41 Å². The van der Waals surface area contributed by atoms with Crippen LogP contribution < -0.4 is 5.32 Å². The topological polar surface area (TPSA) is 41.6 Å². The van der Waals surface area contributed by atoms with Crippen LogP contribution in [0.1, 0.15) is 25.7 Å². The van der Waals surface area contributed by atoms with Crippen LogP contribution in [0.25, 0.3) is 0 Å². The Labute approximate surface area is 91.0 Å². The van der Waals surface area contributed by atoms with Crippen LogP contribution in [-0.4, -0.2) is 44.3 Å². The molecule has 2 aliphatic heterocycles. The molecule has 86 valence electrons. The summed E-state index contributed by atoms with van der Waals surface area (Å²) in [4.78, 5) is 13.3. The first-order valence-electron chi connectivity index (χ1n) is 5.79. The third-order valence-electron chi connectivity index (χ3n) is 3.81. The first-order chi connectivity index (χ1) is 7.26. The van der Waals surface area contributed by atoms with Crippen LogP contribution in [0.5, 0.6) is 0 Å². The zero-order chi connectivity index (χ0) is 10.7. The van der Waals surface area contributed by atoms with Crippen molar-refractivity contribution in [3.63, 3.8) is 0 Å². The van der Waals surface area contributed by atoms with Crippen molar-refractivity contribution in [2.75, 3.05) is 33.3 Å². The van der Waals surface area contributed by atoms with Crippen LogP contribution in [0.2, 0.25) is 0 Å². The van der Waals surface area contributed by atoms with Crippen molar-refractivity contribution >= 4 is 6.09 Å². The maximum absolute atomic E-state index is 11.4. The highest BCUT2D eigenvalue weighted by Crippen LogP contribution is 2.36. The number of nitrogens with zero attached hydrogens (tertiary/aromatic N) is 1. The van der Waals surface area contributed by atoms with E-state index in [4.69, 9.17) is 4.74 Å². The first-order valence-corrected chi connectivity index (χ1v) is 5.79. The van der Waals surface area contributed by atoms with Crippen LogP contribution >= 0.6 is 0 Å². The van der Waals surface area contributed by atoms with Crippen molar-refractivity contribution in [2.45, 2.75) is 25.7 Å². The van der Waals surface area contributed by atoms with Crippen molar-refractivity contribution < 1.29 is 9.53 Å². The van der Waals surface area contributed by atoms with Crippen molar-refractivity contribution in [2.24, 2.45) is 5.41 Å². The number of ether oxygens (including phenoxy) is 1. The van der Waals surface area contributed by atoms with Crippen LogP contribution in [0.15, 0.2) is 0 Å². The molecular weight excluding hydrogens is 192 g/mol. The highest BCUT2D eigenvalue weighted by molar-refractivity contribution is 5.67. The fraction of sp³-hybridized carbons (Fsp3) is 0.909. The highest BCUT2D eigenvalue weighted by Gasteiger charge is 2.36. The molecule has 15 heavy (non-hydrogen) atoms. The van der Waals surface area contributed by atoms with Gasteiger partial charge in [-0.25, -0.2) is 4.79 Å². The molecule has 2 aliphatic rings. The van der Waals surface area contributed by atoms with E-state index in [-0.39, 0.29) is 6.09 Å². The largest absolute Gasteiger partial charge is 0.453 e. The minimum absolute atomic E-state index is 0.169. The summed E-state index contributed by atoms with van der Waals surface area (Å²) in [6.07, 6.45) is 4.57. The molecule has 0 aliphatic carbocycles. The summed E-state index contributed by atoms with van der Waals surface area (Å²) in [7, 11) is 1.46. The lowest BCUT2D eigenvalue weighted by Crippen LogP contribution is -2.33. The SMILES string of the molecule is COC(=O)N1CCCC2(CCNC2)CC1. The fourth-order valence-corrected chi connectivity index (χ4v) is 2.79. The van der Waals surface area contributed by atoms with E-state index in [0.717, 1.165) is 39.0 Å². The fourth-order valence-electron chi connectivity index (χ4n) is 2.79. The Morgan fingerprint density at radius 1 is 1.33 bits per heavy atom. The van der Waals surface area contributed by atoms with Gasteiger partial charge in [-0.05, 0) is 37.6 Å². The van der Waals surface area contributed by atoms with Crippen molar-refractivity contribution in [3.8, 4) is 0 Å². The van der Waals surface area contributed by atoms with Crippen molar-refractivity contribution in [1.29, 1.82) is 0 Å². The maximum Gasteiger partial charge on any atom is 0.409 e. The second kappa shape index (κ2) is 4.39. The Kier molecular flexibility index (Phi) is 3.14. The smallest absolute Gasteiger partial charge is 0.409 e. The van der Waals surface area contributed by atoms with E-state index in [2.05, 4.69) is 5.32 Å². The van der Waals surface area contributed by atoms with E-state index >= 15 is 0 Å². The number of carbonyl (C=O) groups is 1. The number of likely N-dealkylation sites (tertiary alicyclic amines) is 1. The predicted molar refractivity (Wildman–Crippen MR) is 57.7 cm³/mol. The van der Waals surface area contributed by atoms with E-state index in [9.17, 15) is 4.79 Å². The molecule has 0 aromatic heterocycles. The van der Waals surface area contributed by atoms with Crippen LogP contribution in [0.3, 0.4) is 0 Å². The zero-order valence-corrected chi connectivity index (χ0v) is 9.42. The van der Waals surface area contributed by atoms with E-state index in [0.29, 0.717) is 5.41 Å². The van der Waals surface area contributed by atoms with E-state index in [1.165, 1.54) is 20.0 Å². The molecule has 1 N–H and O–H groups in total. The third-order valence-corrected chi connectivity index (χ3v) is 3.81. The van der Waals surface area contributed by atoms with E-state index < -0.39 is 0 Å². The molecule has 2 fully saturated rings. The second-order valence-electron chi connectivity index (χ2n) is 4.74. The molecule has 1 unspecified atom stereocenters. The average Bonchev–Trinajstić information content (AvgIpc) is 2.60. The average molecular weight is 212 g/mol. The minimum Gasteiger partial charge on any atom is -0.453 e. The quantitative estimate of drug-likeness (QED) is 0.656. The van der Waals surface area contributed by atoms with Gasteiger partial charge in [0, 0.05) is 19.6 Å². The van der Waals surface area contributed by atoms with Gasteiger partial charge in [-0.2, -0.15) is 0 Å². The summed E-state index contributed by atoms with van der Waals surface area (Å²) in [5.41, 5.74) is 0.461. The van der Waals surface area contributed by atoms with Crippen molar-refractivity contribution in [3.05, 3.63) is 0 Å². The number of nitrogens with one attached hydrogen (secondary N) is 1. The molecule has 2 saturated heterocycles. The minimum atomic E-state index is -0.169. The molecule has 4 heteroatoms. The number of rotatable bonds is 0. The summed E-state index contributed by atoms with van der Waals surface area (Å²) in [5, 5.41) is 3.43. The number of amides is 1. The van der Waals surface area contributed by atoms with Gasteiger partial charge in [-0.15, -0.1) is 0 Å². The van der Waals surface area contributed by atoms with Gasteiger partial charge >= 0.3 is 6.09 Å². The Morgan fingerprint density at radius 3 is 2.87 bits per heavy atom. The Morgan fingerprint density at radius 2 is 2.20 bits per heavy atom. The lowest BCUT2D eigenvalue weighted by molar-refractivity contribution is 0.123. The van der Waals surface area contributed by atoms with Gasteiger partial charge in [-0.1, -0.05) is 0 Å². The summed E-state index contributed by atoms with van der Waals surface area (Å²) >= 11 is 0. The van der Waals surface area contributed by atoms with Gasteiger partial charge in [0.2, 0.25) is 0 Å². The Balaban J connectivity index is 1.94. The van der Waals surface area contributed by atoms with Gasteiger partial charge in [0.1, 0.15) is 0 Å². The van der Waals surface area contributed by atoms with Crippen molar-refractivity contribution in [1.82, 2.24) is 10.2 Å². The second-order valence-corrected chi connectivity index (χ2v) is 4.74. The summed E-state index contributed by atoms with van der Waals surface area (Å²) in [6.45, 7) is 3.98. The molecule has 0 radical (unpaired) electrons. The molecule has 2 rings (SSSR count). The number of hydrogen-bond acceptors (Lipinski definition) is 3. The number of hydrogen-bond donors (Lipinski definition) is 1. The van der Waals surface area contributed by atoms with Gasteiger partial charge < -0.3 is 15.0 Å².